The number of aryl methyl sites for hydroxylation is 1. The number of carbonyl (C=O) groups is 1. The second kappa shape index (κ2) is 11.7. The lowest BCUT2D eigenvalue weighted by atomic mass is 9.87. The predicted molar refractivity (Wildman–Crippen MR) is 163 cm³/mol. The molecule has 0 aliphatic carbocycles. The maximum atomic E-state index is 12.1. The topological polar surface area (TPSA) is 108 Å². The Hall–Kier alpha value is -3.36. The van der Waals surface area contributed by atoms with Gasteiger partial charge in [0.15, 0.2) is 9.84 Å². The van der Waals surface area contributed by atoms with Gasteiger partial charge in [0, 0.05) is 32.2 Å². The Kier molecular flexibility index (Phi) is 8.03. The second-order valence-electron chi connectivity index (χ2n) is 11.9. The van der Waals surface area contributed by atoms with Crippen LogP contribution in [0.2, 0.25) is 0 Å². The van der Waals surface area contributed by atoms with Gasteiger partial charge in [-0.15, -0.1) is 0 Å². The van der Waals surface area contributed by atoms with Crippen LogP contribution in [0.3, 0.4) is 0 Å². The number of nitrogens with one attached hydrogen (secondary N) is 1. The highest BCUT2D eigenvalue weighted by atomic mass is 32.2. The monoisotopic (exact) mass is 592 g/mol. The van der Waals surface area contributed by atoms with Gasteiger partial charge in [0.1, 0.15) is 29.8 Å². The summed E-state index contributed by atoms with van der Waals surface area (Å²) in [4.78, 5) is 27.8. The van der Waals surface area contributed by atoms with Crippen LogP contribution in [0.15, 0.2) is 18.5 Å². The van der Waals surface area contributed by atoms with Crippen molar-refractivity contribution in [2.24, 2.45) is 0 Å². The number of fused-ring (bicyclic) bond motifs is 2. The number of anilines is 3. The Morgan fingerprint density at radius 1 is 1.02 bits per heavy atom. The molecule has 42 heavy (non-hydrogen) atoms. The summed E-state index contributed by atoms with van der Waals surface area (Å²) in [5.74, 6) is 8.33. The van der Waals surface area contributed by atoms with Crippen molar-refractivity contribution in [2.75, 3.05) is 61.0 Å². The first-order valence-corrected chi connectivity index (χ1v) is 16.9. The van der Waals surface area contributed by atoms with Crippen LogP contribution in [0.5, 0.6) is 5.75 Å². The molecule has 1 atom stereocenters. The highest BCUT2D eigenvalue weighted by Crippen LogP contribution is 2.45. The van der Waals surface area contributed by atoms with Gasteiger partial charge in [0.2, 0.25) is 0 Å². The summed E-state index contributed by atoms with van der Waals surface area (Å²) in [5.41, 5.74) is 4.17. The van der Waals surface area contributed by atoms with E-state index in [4.69, 9.17) is 4.74 Å². The van der Waals surface area contributed by atoms with Crippen LogP contribution in [0, 0.1) is 18.8 Å². The molecule has 1 aromatic heterocycles. The summed E-state index contributed by atoms with van der Waals surface area (Å²) in [7, 11) is -3.00. The first-order valence-electron chi connectivity index (χ1n) is 15.1. The third-order valence-electron chi connectivity index (χ3n) is 9.26. The molecule has 0 bridgehead atoms. The highest BCUT2D eigenvalue weighted by Gasteiger charge is 2.33. The molecule has 224 valence electrons. The van der Waals surface area contributed by atoms with E-state index >= 15 is 0 Å². The van der Waals surface area contributed by atoms with Crippen LogP contribution in [0.25, 0.3) is 0 Å². The smallest absolute Gasteiger partial charge is 0.298 e. The van der Waals surface area contributed by atoms with E-state index in [0.717, 1.165) is 80.2 Å². The average molecular weight is 593 g/mol. The van der Waals surface area contributed by atoms with Gasteiger partial charge >= 0.3 is 0 Å². The van der Waals surface area contributed by atoms with Crippen molar-refractivity contribution in [2.45, 2.75) is 64.5 Å². The summed E-state index contributed by atoms with van der Waals surface area (Å²) in [5, 5.41) is 3.56. The molecule has 11 heteroatoms. The molecule has 0 radical (unpaired) electrons. The van der Waals surface area contributed by atoms with E-state index in [2.05, 4.69) is 51.1 Å². The van der Waals surface area contributed by atoms with Gasteiger partial charge in [0.05, 0.1) is 22.8 Å². The SMILES string of the molecule is CC#CC(=O)N1CCC(N2CCC(c3cc(C)c4c(c3)Nc3ncnc(N5CCS(=O)(=O)CC5)c3[C@@H](C)O4)CC2)CC1. The second-order valence-corrected chi connectivity index (χ2v) is 14.2. The quantitative estimate of drug-likeness (QED) is 0.537. The fourth-order valence-electron chi connectivity index (χ4n) is 6.90. The van der Waals surface area contributed by atoms with Crippen molar-refractivity contribution in [1.82, 2.24) is 19.8 Å². The van der Waals surface area contributed by atoms with Crippen LogP contribution in [0.4, 0.5) is 17.3 Å². The van der Waals surface area contributed by atoms with Crippen LogP contribution < -0.4 is 15.0 Å². The molecule has 6 rings (SSSR count). The fourth-order valence-corrected chi connectivity index (χ4v) is 8.11. The van der Waals surface area contributed by atoms with Gasteiger partial charge < -0.3 is 24.8 Å². The molecule has 0 spiro atoms. The molecule has 2 aromatic rings. The molecular weight excluding hydrogens is 552 g/mol. The normalized spacial score (nSPS) is 23.0. The molecule has 1 N–H and O–H groups in total. The van der Waals surface area contributed by atoms with Crippen molar-refractivity contribution in [3.63, 3.8) is 0 Å². The first kappa shape index (κ1) is 28.7. The number of nitrogens with zero attached hydrogens (tertiary/aromatic N) is 5. The standard InChI is InChI=1S/C31H40N6O4S/c1-4-5-27(38)36-12-8-25(9-13-36)35-10-6-23(7-11-35)24-18-21(2)29-26(19-24)34-30-28(22(3)41-29)31(33-20-32-30)37-14-16-42(39,40)17-15-37/h18-20,22-23,25H,6-17H2,1-3H3,(H,32,33,34)/t22-/m1/s1. The molecule has 3 fully saturated rings. The van der Waals surface area contributed by atoms with Crippen molar-refractivity contribution < 1.29 is 17.9 Å². The Morgan fingerprint density at radius 2 is 1.74 bits per heavy atom. The molecule has 4 aliphatic rings. The Labute approximate surface area is 248 Å². The van der Waals surface area contributed by atoms with Gasteiger partial charge in [-0.3, -0.25) is 4.79 Å². The fraction of sp³-hybridized carbons (Fsp3) is 0.581. The third kappa shape index (κ3) is 5.79. The molecule has 5 heterocycles. The maximum Gasteiger partial charge on any atom is 0.298 e. The lowest BCUT2D eigenvalue weighted by Gasteiger charge is -2.41. The minimum absolute atomic E-state index is 0.0486. The summed E-state index contributed by atoms with van der Waals surface area (Å²) in [6.07, 6.45) is 5.46. The molecule has 1 amide bonds. The van der Waals surface area contributed by atoms with E-state index in [1.807, 2.05) is 16.7 Å². The number of amides is 1. The van der Waals surface area contributed by atoms with Gasteiger partial charge in [-0.05, 0) is 88.6 Å². The summed E-state index contributed by atoms with van der Waals surface area (Å²) >= 11 is 0. The van der Waals surface area contributed by atoms with E-state index < -0.39 is 9.84 Å². The number of sulfone groups is 1. The zero-order chi connectivity index (χ0) is 29.4. The Bertz CT molecular complexity index is 1500. The van der Waals surface area contributed by atoms with Gasteiger partial charge in [-0.2, -0.15) is 0 Å². The molecule has 3 saturated heterocycles. The molecule has 0 saturated carbocycles. The largest absolute Gasteiger partial charge is 0.483 e. The zero-order valence-electron chi connectivity index (χ0n) is 24.7. The summed E-state index contributed by atoms with van der Waals surface area (Å²) in [6.45, 7) is 10.3. The zero-order valence-corrected chi connectivity index (χ0v) is 25.5. The van der Waals surface area contributed by atoms with Crippen molar-refractivity contribution >= 4 is 33.1 Å². The van der Waals surface area contributed by atoms with Gasteiger partial charge in [0.25, 0.3) is 5.91 Å². The number of aromatic nitrogens is 2. The highest BCUT2D eigenvalue weighted by molar-refractivity contribution is 7.91. The number of hydrogen-bond donors (Lipinski definition) is 1. The lowest BCUT2D eigenvalue weighted by Crippen LogP contribution is -2.48. The predicted octanol–water partition coefficient (Wildman–Crippen LogP) is 3.41. The number of carbonyl (C=O) groups excluding carboxylic acids is 1. The molecule has 4 aliphatic heterocycles. The minimum Gasteiger partial charge on any atom is -0.483 e. The van der Waals surface area contributed by atoms with E-state index in [1.54, 1.807) is 13.3 Å². The number of hydrogen-bond acceptors (Lipinski definition) is 9. The Balaban J connectivity index is 1.15. The number of likely N-dealkylation sites (tertiary alicyclic amines) is 2. The van der Waals surface area contributed by atoms with E-state index in [1.165, 1.54) is 5.56 Å². The van der Waals surface area contributed by atoms with Crippen molar-refractivity contribution in [3.05, 3.63) is 35.2 Å². The number of benzene rings is 1. The van der Waals surface area contributed by atoms with Crippen LogP contribution in [-0.4, -0.2) is 90.9 Å². The van der Waals surface area contributed by atoms with E-state index in [-0.39, 0.29) is 23.5 Å². The van der Waals surface area contributed by atoms with Crippen LogP contribution >= 0.6 is 0 Å². The number of ether oxygens (including phenoxy) is 1. The van der Waals surface area contributed by atoms with Crippen LogP contribution in [0.1, 0.15) is 68.2 Å². The molecule has 0 unspecified atom stereocenters. The van der Waals surface area contributed by atoms with Crippen LogP contribution in [-0.2, 0) is 14.6 Å². The number of piperidine rings is 2. The van der Waals surface area contributed by atoms with E-state index in [9.17, 15) is 13.2 Å². The van der Waals surface area contributed by atoms with Gasteiger partial charge in [-0.25, -0.2) is 18.4 Å². The summed E-state index contributed by atoms with van der Waals surface area (Å²) < 4.78 is 30.6. The molecular formula is C31H40N6O4S. The average Bonchev–Trinajstić information content (AvgIpc) is 3.13. The minimum atomic E-state index is -3.00. The Morgan fingerprint density at radius 3 is 2.43 bits per heavy atom. The number of rotatable bonds is 3. The van der Waals surface area contributed by atoms with E-state index in [0.29, 0.717) is 30.9 Å². The summed E-state index contributed by atoms with van der Waals surface area (Å²) in [6, 6.07) is 5.02. The maximum absolute atomic E-state index is 12.1. The molecule has 10 nitrogen and oxygen atoms in total. The molecule has 1 aromatic carbocycles. The van der Waals surface area contributed by atoms with Crippen molar-refractivity contribution in [3.8, 4) is 17.6 Å². The lowest BCUT2D eigenvalue weighted by molar-refractivity contribution is -0.126. The first-order chi connectivity index (χ1) is 20.2. The third-order valence-corrected chi connectivity index (χ3v) is 10.9. The van der Waals surface area contributed by atoms with Crippen molar-refractivity contribution in [1.29, 1.82) is 0 Å². The van der Waals surface area contributed by atoms with Gasteiger partial charge in [-0.1, -0.05) is 12.0 Å².